The largest absolute Gasteiger partial charge is 0.503 e. The lowest BCUT2D eigenvalue weighted by Gasteiger charge is -2.07. The van der Waals surface area contributed by atoms with Crippen molar-refractivity contribution in [2.45, 2.75) is 0 Å². The summed E-state index contributed by atoms with van der Waals surface area (Å²) in [7, 11) is 0. The maximum atomic E-state index is 13.0. The molecule has 17 heavy (non-hydrogen) atoms. The van der Waals surface area contributed by atoms with E-state index in [1.54, 1.807) is 0 Å². The van der Waals surface area contributed by atoms with Crippen LogP contribution in [0.1, 0.15) is 20.7 Å². The van der Waals surface area contributed by atoms with Gasteiger partial charge in [-0.05, 0) is 0 Å². The molecule has 0 radical (unpaired) electrons. The lowest BCUT2D eigenvalue weighted by Crippen LogP contribution is -2.15. The molecule has 0 amide bonds. The van der Waals surface area contributed by atoms with Gasteiger partial charge in [-0.3, -0.25) is 0 Å². The molecular weight excluding hydrogens is 249 g/mol. The number of aromatic hydroxyl groups is 1. The SMILES string of the molecule is O.O=C(O)c1c(F)c(O)c(F)c(F)c1C(=O)O. The lowest BCUT2D eigenvalue weighted by molar-refractivity contribution is 0.0640. The highest BCUT2D eigenvalue weighted by Gasteiger charge is 2.32. The van der Waals surface area contributed by atoms with E-state index in [1.165, 1.54) is 0 Å². The van der Waals surface area contributed by atoms with Gasteiger partial charge in [0.05, 0.1) is 0 Å². The molecule has 0 fully saturated rings. The van der Waals surface area contributed by atoms with E-state index >= 15 is 0 Å². The van der Waals surface area contributed by atoms with E-state index in [0.29, 0.717) is 0 Å². The molecular formula is C8H5F3O6. The zero-order valence-corrected chi connectivity index (χ0v) is 7.79. The third-order valence-corrected chi connectivity index (χ3v) is 1.73. The highest BCUT2D eigenvalue weighted by molar-refractivity contribution is 6.02. The molecule has 1 rings (SSSR count). The molecule has 6 nitrogen and oxygen atoms in total. The molecule has 9 heteroatoms. The van der Waals surface area contributed by atoms with Crippen LogP contribution in [0.25, 0.3) is 0 Å². The molecule has 94 valence electrons. The number of carboxylic acid groups (broad SMARTS) is 2. The first-order valence-corrected chi connectivity index (χ1v) is 3.65. The number of phenolic OH excluding ortho intramolecular Hbond substituents is 1. The molecule has 0 aliphatic heterocycles. The van der Waals surface area contributed by atoms with Gasteiger partial charge in [-0.1, -0.05) is 0 Å². The fourth-order valence-corrected chi connectivity index (χ4v) is 1.05. The van der Waals surface area contributed by atoms with E-state index in [0.717, 1.165) is 0 Å². The topological polar surface area (TPSA) is 126 Å². The fraction of sp³-hybridized carbons (Fsp3) is 0. The molecule has 0 bridgehead atoms. The third-order valence-electron chi connectivity index (χ3n) is 1.73. The highest BCUT2D eigenvalue weighted by Crippen LogP contribution is 2.29. The van der Waals surface area contributed by atoms with Crippen molar-refractivity contribution < 1.29 is 43.6 Å². The summed E-state index contributed by atoms with van der Waals surface area (Å²) in [6.07, 6.45) is 0. The van der Waals surface area contributed by atoms with E-state index in [9.17, 15) is 22.8 Å². The summed E-state index contributed by atoms with van der Waals surface area (Å²) in [4.78, 5) is 20.9. The number of phenols is 1. The van der Waals surface area contributed by atoms with Crippen molar-refractivity contribution in [3.63, 3.8) is 0 Å². The van der Waals surface area contributed by atoms with Crippen LogP contribution in [0, 0.1) is 17.5 Å². The quantitative estimate of drug-likeness (QED) is 0.657. The van der Waals surface area contributed by atoms with Gasteiger partial charge in [-0.15, -0.1) is 0 Å². The van der Waals surface area contributed by atoms with Gasteiger partial charge in [0.2, 0.25) is 5.82 Å². The van der Waals surface area contributed by atoms with E-state index in [2.05, 4.69) is 0 Å². The van der Waals surface area contributed by atoms with Gasteiger partial charge < -0.3 is 20.8 Å². The average molecular weight is 254 g/mol. The second-order valence-corrected chi connectivity index (χ2v) is 2.65. The van der Waals surface area contributed by atoms with Crippen LogP contribution < -0.4 is 0 Å². The van der Waals surface area contributed by atoms with Gasteiger partial charge >= 0.3 is 11.9 Å². The van der Waals surface area contributed by atoms with Crippen LogP contribution in [-0.4, -0.2) is 32.7 Å². The summed E-state index contributed by atoms with van der Waals surface area (Å²) in [6, 6.07) is 0. The summed E-state index contributed by atoms with van der Waals surface area (Å²) in [5, 5.41) is 25.5. The Hall–Kier alpha value is -2.29. The number of rotatable bonds is 2. The second kappa shape index (κ2) is 4.70. The van der Waals surface area contributed by atoms with Crippen molar-refractivity contribution in [2.24, 2.45) is 0 Å². The monoisotopic (exact) mass is 254 g/mol. The van der Waals surface area contributed by atoms with Crippen LogP contribution in [0.15, 0.2) is 0 Å². The Bertz CT molecular complexity index is 454. The van der Waals surface area contributed by atoms with Crippen molar-refractivity contribution in [3.8, 4) is 5.75 Å². The molecule has 0 saturated heterocycles. The smallest absolute Gasteiger partial charge is 0.339 e. The molecule has 0 saturated carbocycles. The molecule has 0 aliphatic rings. The van der Waals surface area contributed by atoms with Gasteiger partial charge in [0.1, 0.15) is 11.1 Å². The minimum absolute atomic E-state index is 0. The lowest BCUT2D eigenvalue weighted by atomic mass is 10.0. The van der Waals surface area contributed by atoms with E-state index < -0.39 is 46.3 Å². The minimum Gasteiger partial charge on any atom is -0.503 e. The van der Waals surface area contributed by atoms with Crippen molar-refractivity contribution in [2.75, 3.05) is 0 Å². The average Bonchev–Trinajstić information content (AvgIpc) is 2.18. The van der Waals surface area contributed by atoms with Crippen molar-refractivity contribution >= 4 is 11.9 Å². The van der Waals surface area contributed by atoms with E-state index in [4.69, 9.17) is 15.3 Å². The Morgan fingerprint density at radius 2 is 1.18 bits per heavy atom. The zero-order chi connectivity index (χ0) is 12.6. The van der Waals surface area contributed by atoms with Crippen molar-refractivity contribution in [1.29, 1.82) is 0 Å². The maximum absolute atomic E-state index is 13.0. The van der Waals surface area contributed by atoms with Crippen molar-refractivity contribution in [1.82, 2.24) is 0 Å². The molecule has 0 unspecified atom stereocenters. The summed E-state index contributed by atoms with van der Waals surface area (Å²) in [5.41, 5.74) is -3.32. The minimum atomic E-state index is -2.16. The Balaban J connectivity index is 0.00000256. The van der Waals surface area contributed by atoms with Gasteiger partial charge in [-0.2, -0.15) is 4.39 Å². The molecule has 1 aromatic rings. The standard InChI is InChI=1S/C8H3F3O5.H2O/c9-3-1(7(13)14)2(8(15)16)4(10)6(12)5(3)11;/h12H,(H,13,14)(H,15,16);1H2. The molecule has 0 aliphatic carbocycles. The number of hydrogen-bond acceptors (Lipinski definition) is 3. The fourth-order valence-electron chi connectivity index (χ4n) is 1.05. The molecule has 0 atom stereocenters. The summed E-state index contributed by atoms with van der Waals surface area (Å²) in [5.74, 6) is -12.5. The number of carbonyl (C=O) groups is 2. The molecule has 5 N–H and O–H groups in total. The Kier molecular flexibility index (Phi) is 4.07. The zero-order valence-electron chi connectivity index (χ0n) is 7.79. The van der Waals surface area contributed by atoms with Gasteiger partial charge in [-0.25, -0.2) is 18.4 Å². The number of hydrogen-bond donors (Lipinski definition) is 3. The Morgan fingerprint density at radius 1 is 0.824 bits per heavy atom. The number of halogens is 3. The number of benzene rings is 1. The van der Waals surface area contributed by atoms with Crippen LogP contribution in [0.3, 0.4) is 0 Å². The Morgan fingerprint density at radius 3 is 1.53 bits per heavy atom. The maximum Gasteiger partial charge on any atom is 0.339 e. The first-order valence-electron chi connectivity index (χ1n) is 3.65. The molecule has 0 aromatic heterocycles. The summed E-state index contributed by atoms with van der Waals surface area (Å²) >= 11 is 0. The first kappa shape index (κ1) is 14.7. The molecule has 0 spiro atoms. The van der Waals surface area contributed by atoms with E-state index in [1.807, 2.05) is 0 Å². The highest BCUT2D eigenvalue weighted by atomic mass is 19.2. The third kappa shape index (κ3) is 2.13. The van der Waals surface area contributed by atoms with Crippen LogP contribution in [0.5, 0.6) is 5.75 Å². The second-order valence-electron chi connectivity index (χ2n) is 2.65. The van der Waals surface area contributed by atoms with Crippen LogP contribution in [0.2, 0.25) is 0 Å². The number of carboxylic acids is 2. The Labute approximate surface area is 90.8 Å². The summed E-state index contributed by atoms with van der Waals surface area (Å²) < 4.78 is 38.7. The van der Waals surface area contributed by atoms with Crippen molar-refractivity contribution in [3.05, 3.63) is 28.6 Å². The molecule has 1 aromatic carbocycles. The van der Waals surface area contributed by atoms with Crippen LogP contribution in [-0.2, 0) is 0 Å². The van der Waals surface area contributed by atoms with Gasteiger partial charge in [0.25, 0.3) is 0 Å². The predicted octanol–water partition coefficient (Wildman–Crippen LogP) is 0.381. The first-order chi connectivity index (χ1) is 7.29. The predicted molar refractivity (Wildman–Crippen MR) is 45.5 cm³/mol. The normalized spacial score (nSPS) is 9.59. The van der Waals surface area contributed by atoms with E-state index in [-0.39, 0.29) is 5.48 Å². The van der Waals surface area contributed by atoms with Crippen LogP contribution in [0.4, 0.5) is 13.2 Å². The van der Waals surface area contributed by atoms with Gasteiger partial charge in [0, 0.05) is 0 Å². The van der Waals surface area contributed by atoms with Gasteiger partial charge in [0.15, 0.2) is 17.4 Å². The number of aromatic carboxylic acids is 2. The van der Waals surface area contributed by atoms with Crippen LogP contribution >= 0.6 is 0 Å². The molecule has 0 heterocycles. The summed E-state index contributed by atoms with van der Waals surface area (Å²) in [6.45, 7) is 0.